The summed E-state index contributed by atoms with van der Waals surface area (Å²) in [7, 11) is 4.98. The fourth-order valence-corrected chi connectivity index (χ4v) is 3.20. The van der Waals surface area contributed by atoms with Crippen LogP contribution < -0.4 is 19.5 Å². The molecule has 0 aliphatic carbocycles. The van der Waals surface area contributed by atoms with Crippen molar-refractivity contribution in [1.82, 2.24) is 14.9 Å². The summed E-state index contributed by atoms with van der Waals surface area (Å²) in [6.07, 6.45) is 8.85. The lowest BCUT2D eigenvalue weighted by Crippen LogP contribution is -2.19. The molecular formula is C24H29N3O3. The van der Waals surface area contributed by atoms with Crippen LogP contribution in [0.1, 0.15) is 17.5 Å². The van der Waals surface area contributed by atoms with E-state index in [2.05, 4.69) is 39.1 Å². The third kappa shape index (κ3) is 5.87. The maximum atomic E-state index is 5.49. The van der Waals surface area contributed by atoms with Crippen LogP contribution in [0.3, 0.4) is 0 Å². The molecule has 0 bridgehead atoms. The average molecular weight is 408 g/mol. The Morgan fingerprint density at radius 1 is 1.00 bits per heavy atom. The molecule has 0 unspecified atom stereocenters. The van der Waals surface area contributed by atoms with Gasteiger partial charge in [0.15, 0.2) is 11.5 Å². The van der Waals surface area contributed by atoms with Crippen molar-refractivity contribution in [2.75, 3.05) is 34.4 Å². The minimum atomic E-state index is 0.718. The molecule has 6 heteroatoms. The highest BCUT2D eigenvalue weighted by Crippen LogP contribution is 2.31. The van der Waals surface area contributed by atoms with E-state index in [1.165, 1.54) is 5.57 Å². The van der Waals surface area contributed by atoms with E-state index in [0.29, 0.717) is 0 Å². The van der Waals surface area contributed by atoms with E-state index >= 15 is 0 Å². The molecule has 0 fully saturated rings. The van der Waals surface area contributed by atoms with Crippen LogP contribution in [-0.2, 0) is 6.54 Å². The summed E-state index contributed by atoms with van der Waals surface area (Å²) in [5, 5.41) is 3.56. The Morgan fingerprint density at radius 3 is 2.47 bits per heavy atom. The topological polar surface area (TPSA) is 57.5 Å². The van der Waals surface area contributed by atoms with E-state index in [4.69, 9.17) is 14.2 Å². The zero-order valence-electron chi connectivity index (χ0n) is 17.8. The number of imidazole rings is 1. The first kappa shape index (κ1) is 21.5. The molecule has 0 amide bonds. The van der Waals surface area contributed by atoms with Gasteiger partial charge in [0.1, 0.15) is 5.75 Å². The Kier molecular flexibility index (Phi) is 7.92. The molecule has 0 spiro atoms. The van der Waals surface area contributed by atoms with Crippen LogP contribution in [0.4, 0.5) is 0 Å². The largest absolute Gasteiger partial charge is 0.497 e. The van der Waals surface area contributed by atoms with Crippen molar-refractivity contribution in [2.24, 2.45) is 0 Å². The van der Waals surface area contributed by atoms with Gasteiger partial charge in [-0.2, -0.15) is 0 Å². The Balaban J connectivity index is 1.74. The normalized spacial score (nSPS) is 11.4. The number of aromatic nitrogens is 2. The number of aryl methyl sites for hydroxylation is 1. The number of methoxy groups -OCH3 is 3. The number of benzene rings is 2. The molecule has 0 saturated carbocycles. The molecule has 6 nitrogen and oxygen atoms in total. The molecule has 0 aliphatic rings. The van der Waals surface area contributed by atoms with Crippen LogP contribution in [0.5, 0.6) is 17.2 Å². The first-order valence-corrected chi connectivity index (χ1v) is 9.97. The maximum Gasteiger partial charge on any atom is 0.161 e. The summed E-state index contributed by atoms with van der Waals surface area (Å²) in [5.74, 6) is 2.28. The minimum absolute atomic E-state index is 0.718. The second kappa shape index (κ2) is 11.1. The Hall–Kier alpha value is -3.25. The first-order chi connectivity index (χ1) is 14.7. The van der Waals surface area contributed by atoms with E-state index in [0.717, 1.165) is 54.4 Å². The average Bonchev–Trinajstić information content (AvgIpc) is 3.31. The lowest BCUT2D eigenvalue weighted by molar-refractivity contribution is 0.355. The van der Waals surface area contributed by atoms with Gasteiger partial charge in [-0.25, -0.2) is 4.98 Å². The summed E-state index contributed by atoms with van der Waals surface area (Å²) in [5.41, 5.74) is 3.37. The fourth-order valence-electron chi connectivity index (χ4n) is 3.20. The van der Waals surface area contributed by atoms with E-state index < -0.39 is 0 Å². The number of rotatable bonds is 11. The highest BCUT2D eigenvalue weighted by molar-refractivity contribution is 5.83. The number of nitrogens with zero attached hydrogens (tertiary/aromatic N) is 2. The van der Waals surface area contributed by atoms with Gasteiger partial charge >= 0.3 is 0 Å². The van der Waals surface area contributed by atoms with Gasteiger partial charge in [-0.05, 0) is 60.0 Å². The van der Waals surface area contributed by atoms with Gasteiger partial charge < -0.3 is 24.1 Å². The van der Waals surface area contributed by atoms with E-state index in [1.54, 1.807) is 27.5 Å². The van der Waals surface area contributed by atoms with Crippen LogP contribution in [-0.4, -0.2) is 44.0 Å². The summed E-state index contributed by atoms with van der Waals surface area (Å²) in [6.45, 7) is 2.59. The molecule has 0 saturated heterocycles. The van der Waals surface area contributed by atoms with Gasteiger partial charge in [-0.3, -0.25) is 0 Å². The third-order valence-corrected chi connectivity index (χ3v) is 4.86. The number of hydrogen-bond acceptors (Lipinski definition) is 5. The molecule has 2 aromatic carbocycles. The molecule has 30 heavy (non-hydrogen) atoms. The smallest absolute Gasteiger partial charge is 0.161 e. The standard InChI is InChI=1S/C24H29N3O3/c1-28-22-8-5-19(6-9-22)15-21(17-25-11-4-13-27-14-12-26-18-27)20-7-10-23(29-2)24(16-20)30-3/h5-10,12,14-16,18,25H,4,11,13,17H2,1-3H3/b21-15-. The third-order valence-electron chi connectivity index (χ3n) is 4.86. The molecule has 0 radical (unpaired) electrons. The molecule has 1 N–H and O–H groups in total. The molecule has 1 heterocycles. The van der Waals surface area contributed by atoms with Gasteiger partial charge in [0.25, 0.3) is 0 Å². The van der Waals surface area contributed by atoms with Gasteiger partial charge in [-0.1, -0.05) is 18.2 Å². The Labute approximate surface area is 178 Å². The van der Waals surface area contributed by atoms with Crippen molar-refractivity contribution in [3.8, 4) is 17.2 Å². The minimum Gasteiger partial charge on any atom is -0.497 e. The second-order valence-electron chi connectivity index (χ2n) is 6.84. The number of hydrogen-bond donors (Lipinski definition) is 1. The van der Waals surface area contributed by atoms with Gasteiger partial charge in [0.2, 0.25) is 0 Å². The van der Waals surface area contributed by atoms with Crippen molar-refractivity contribution < 1.29 is 14.2 Å². The highest BCUT2D eigenvalue weighted by Gasteiger charge is 2.09. The highest BCUT2D eigenvalue weighted by atomic mass is 16.5. The van der Waals surface area contributed by atoms with Crippen LogP contribution in [0, 0.1) is 0 Å². The van der Waals surface area contributed by atoms with Crippen molar-refractivity contribution in [1.29, 1.82) is 0 Å². The van der Waals surface area contributed by atoms with Crippen LogP contribution in [0.2, 0.25) is 0 Å². The maximum absolute atomic E-state index is 5.49. The van der Waals surface area contributed by atoms with Gasteiger partial charge in [0.05, 0.1) is 27.7 Å². The molecule has 3 rings (SSSR count). The van der Waals surface area contributed by atoms with Crippen LogP contribution >= 0.6 is 0 Å². The summed E-state index contributed by atoms with van der Waals surface area (Å²) in [4.78, 5) is 4.08. The van der Waals surface area contributed by atoms with E-state index in [9.17, 15) is 0 Å². The predicted octanol–water partition coefficient (Wildman–Crippen LogP) is 4.13. The lowest BCUT2D eigenvalue weighted by atomic mass is 10.0. The van der Waals surface area contributed by atoms with E-state index in [1.807, 2.05) is 36.8 Å². The Bertz CT molecular complexity index is 935. The molecule has 0 aliphatic heterocycles. The Morgan fingerprint density at radius 2 is 1.80 bits per heavy atom. The second-order valence-corrected chi connectivity index (χ2v) is 6.84. The lowest BCUT2D eigenvalue weighted by Gasteiger charge is -2.14. The van der Waals surface area contributed by atoms with Gasteiger partial charge in [-0.15, -0.1) is 0 Å². The monoisotopic (exact) mass is 407 g/mol. The molecule has 0 atom stereocenters. The summed E-state index contributed by atoms with van der Waals surface area (Å²) < 4.78 is 18.2. The van der Waals surface area contributed by atoms with Crippen molar-refractivity contribution in [2.45, 2.75) is 13.0 Å². The van der Waals surface area contributed by atoms with Crippen molar-refractivity contribution >= 4 is 11.6 Å². The number of ether oxygens (including phenoxy) is 3. The van der Waals surface area contributed by atoms with Crippen LogP contribution in [0.15, 0.2) is 61.2 Å². The summed E-state index contributed by atoms with van der Waals surface area (Å²) >= 11 is 0. The van der Waals surface area contributed by atoms with Gasteiger partial charge in [0, 0.05) is 25.5 Å². The fraction of sp³-hybridized carbons (Fsp3) is 0.292. The number of nitrogens with one attached hydrogen (secondary N) is 1. The molecule has 1 aromatic heterocycles. The predicted molar refractivity (Wildman–Crippen MR) is 120 cm³/mol. The zero-order chi connectivity index (χ0) is 21.2. The van der Waals surface area contributed by atoms with Crippen molar-refractivity contribution in [3.63, 3.8) is 0 Å². The summed E-state index contributed by atoms with van der Waals surface area (Å²) in [6, 6.07) is 14.1. The molecule has 3 aromatic rings. The SMILES string of the molecule is COc1ccc(/C=C(/CNCCCn2ccnc2)c2ccc(OC)c(OC)c2)cc1. The van der Waals surface area contributed by atoms with E-state index in [-0.39, 0.29) is 0 Å². The van der Waals surface area contributed by atoms with Crippen LogP contribution in [0.25, 0.3) is 11.6 Å². The quantitative estimate of drug-likeness (QED) is 0.383. The first-order valence-electron chi connectivity index (χ1n) is 9.97. The zero-order valence-corrected chi connectivity index (χ0v) is 17.8. The molecule has 158 valence electrons. The van der Waals surface area contributed by atoms with Crippen molar-refractivity contribution in [3.05, 3.63) is 72.3 Å². The molecular weight excluding hydrogens is 378 g/mol.